The lowest BCUT2D eigenvalue weighted by Crippen LogP contribution is -2.29. The van der Waals surface area contributed by atoms with Crippen molar-refractivity contribution in [1.29, 1.82) is 0 Å². The summed E-state index contributed by atoms with van der Waals surface area (Å²) in [6.07, 6.45) is 2.65. The molecule has 1 aliphatic rings. The number of carbonyl (C=O) groups is 1. The molecule has 106 valence electrons. The lowest BCUT2D eigenvalue weighted by atomic mass is 9.76. The smallest absolute Gasteiger partial charge is 0.165 e. The Morgan fingerprint density at radius 3 is 2.68 bits per heavy atom. The van der Waals surface area contributed by atoms with E-state index >= 15 is 0 Å². The molecular weight excluding hydrogens is 238 g/mol. The summed E-state index contributed by atoms with van der Waals surface area (Å²) >= 11 is 0. The molecule has 0 fully saturated rings. The van der Waals surface area contributed by atoms with Gasteiger partial charge in [0.15, 0.2) is 5.78 Å². The number of aryl methyl sites for hydroxylation is 1. The summed E-state index contributed by atoms with van der Waals surface area (Å²) in [5, 5.41) is 0. The minimum atomic E-state index is 0.0675. The summed E-state index contributed by atoms with van der Waals surface area (Å²) in [7, 11) is 1.74. The number of fused-ring (bicyclic) bond motifs is 1. The first-order valence-corrected chi connectivity index (χ1v) is 7.12. The zero-order valence-electron chi connectivity index (χ0n) is 12.7. The number of methoxy groups -OCH3 is 1. The maximum atomic E-state index is 12.3. The third kappa shape index (κ3) is 2.62. The van der Waals surface area contributed by atoms with Crippen molar-refractivity contribution in [3.05, 3.63) is 23.0 Å². The van der Waals surface area contributed by atoms with Crippen molar-refractivity contribution in [2.45, 2.75) is 53.0 Å². The SMILES string of the molecule is CCC(COC)n1c(C)cc2c1CC(C)(C)CC2=O. The number of carbonyl (C=O) groups excluding carboxylic acids is 1. The second-order valence-electron chi connectivity index (χ2n) is 6.47. The van der Waals surface area contributed by atoms with Crippen LogP contribution < -0.4 is 0 Å². The fraction of sp³-hybridized carbons (Fsp3) is 0.688. The Kier molecular flexibility index (Phi) is 3.86. The fourth-order valence-corrected chi connectivity index (χ4v) is 3.25. The topological polar surface area (TPSA) is 31.2 Å². The predicted molar refractivity (Wildman–Crippen MR) is 76.8 cm³/mol. The fourth-order valence-electron chi connectivity index (χ4n) is 3.25. The van der Waals surface area contributed by atoms with Crippen molar-refractivity contribution in [2.75, 3.05) is 13.7 Å². The van der Waals surface area contributed by atoms with Crippen LogP contribution in [0.2, 0.25) is 0 Å². The van der Waals surface area contributed by atoms with Gasteiger partial charge in [0.1, 0.15) is 0 Å². The zero-order chi connectivity index (χ0) is 14.2. The van der Waals surface area contributed by atoms with E-state index in [0.29, 0.717) is 24.9 Å². The molecule has 0 saturated heterocycles. The summed E-state index contributed by atoms with van der Waals surface area (Å²) in [5.41, 5.74) is 3.40. The van der Waals surface area contributed by atoms with E-state index in [1.807, 2.05) is 0 Å². The van der Waals surface area contributed by atoms with Crippen molar-refractivity contribution in [2.24, 2.45) is 5.41 Å². The van der Waals surface area contributed by atoms with Gasteiger partial charge < -0.3 is 9.30 Å². The maximum Gasteiger partial charge on any atom is 0.165 e. The van der Waals surface area contributed by atoms with Crippen molar-refractivity contribution < 1.29 is 9.53 Å². The lowest BCUT2D eigenvalue weighted by molar-refractivity contribution is 0.0906. The molecule has 0 aromatic carbocycles. The molecule has 0 radical (unpaired) electrons. The standard InChI is InChI=1S/C16H25NO2/c1-6-12(10-19-5)17-11(2)7-13-14(17)8-16(3,4)9-15(13)18/h7,12H,6,8-10H2,1-5H3. The third-order valence-electron chi connectivity index (χ3n) is 4.12. The van der Waals surface area contributed by atoms with Crippen molar-refractivity contribution >= 4 is 5.78 Å². The maximum absolute atomic E-state index is 12.3. The highest BCUT2D eigenvalue weighted by atomic mass is 16.5. The number of rotatable bonds is 4. The summed E-state index contributed by atoms with van der Waals surface area (Å²) < 4.78 is 7.67. The second-order valence-corrected chi connectivity index (χ2v) is 6.47. The van der Waals surface area contributed by atoms with E-state index in [-0.39, 0.29) is 5.41 Å². The molecule has 1 aliphatic carbocycles. The largest absolute Gasteiger partial charge is 0.383 e. The van der Waals surface area contributed by atoms with Gasteiger partial charge in [-0.25, -0.2) is 0 Å². The first-order valence-electron chi connectivity index (χ1n) is 7.12. The van der Waals surface area contributed by atoms with Crippen LogP contribution in [0.1, 0.15) is 61.4 Å². The van der Waals surface area contributed by atoms with Gasteiger partial charge in [0.25, 0.3) is 0 Å². The van der Waals surface area contributed by atoms with E-state index in [1.165, 1.54) is 11.4 Å². The van der Waals surface area contributed by atoms with E-state index in [2.05, 4.69) is 38.3 Å². The molecule has 1 heterocycles. The first kappa shape index (κ1) is 14.3. The van der Waals surface area contributed by atoms with E-state index in [1.54, 1.807) is 7.11 Å². The van der Waals surface area contributed by atoms with Crippen LogP contribution in [0.5, 0.6) is 0 Å². The van der Waals surface area contributed by atoms with E-state index in [9.17, 15) is 4.79 Å². The van der Waals surface area contributed by atoms with Crippen molar-refractivity contribution in [1.82, 2.24) is 4.57 Å². The molecule has 3 nitrogen and oxygen atoms in total. The molecule has 0 amide bonds. The molecular formula is C16H25NO2. The molecule has 0 spiro atoms. The number of ketones is 1. The molecule has 0 aliphatic heterocycles. The zero-order valence-corrected chi connectivity index (χ0v) is 12.7. The summed E-state index contributed by atoms with van der Waals surface area (Å²) in [4.78, 5) is 12.3. The number of aromatic nitrogens is 1. The molecule has 3 heteroatoms. The summed E-state index contributed by atoms with van der Waals surface area (Å²) in [5.74, 6) is 0.292. The van der Waals surface area contributed by atoms with Gasteiger partial charge in [0, 0.05) is 30.5 Å². The summed E-state index contributed by atoms with van der Waals surface area (Å²) in [6, 6.07) is 2.39. The van der Waals surface area contributed by atoms with Crippen LogP contribution in [0.3, 0.4) is 0 Å². The highest BCUT2D eigenvalue weighted by Crippen LogP contribution is 2.37. The van der Waals surface area contributed by atoms with E-state index in [4.69, 9.17) is 4.74 Å². The summed E-state index contributed by atoms with van der Waals surface area (Å²) in [6.45, 7) is 9.32. The molecule has 0 saturated carbocycles. The minimum absolute atomic E-state index is 0.0675. The number of hydrogen-bond donors (Lipinski definition) is 0. The quantitative estimate of drug-likeness (QED) is 0.832. The van der Waals surface area contributed by atoms with Crippen molar-refractivity contribution in [3.63, 3.8) is 0 Å². The Morgan fingerprint density at radius 1 is 1.42 bits per heavy atom. The highest BCUT2D eigenvalue weighted by Gasteiger charge is 2.34. The Hall–Kier alpha value is -1.09. The van der Waals surface area contributed by atoms with Gasteiger partial charge in [0.05, 0.1) is 12.6 Å². The lowest BCUT2D eigenvalue weighted by Gasteiger charge is -2.31. The number of Topliss-reactive ketones (excluding diaryl/α,β-unsaturated/α-hetero) is 1. The third-order valence-corrected chi connectivity index (χ3v) is 4.12. The van der Waals surface area contributed by atoms with Crippen molar-refractivity contribution in [3.8, 4) is 0 Å². The molecule has 1 aromatic heterocycles. The van der Waals surface area contributed by atoms with Crippen LogP contribution in [0.25, 0.3) is 0 Å². The van der Waals surface area contributed by atoms with Gasteiger partial charge in [-0.05, 0) is 31.2 Å². The van der Waals surface area contributed by atoms with Crippen LogP contribution in [0, 0.1) is 12.3 Å². The monoisotopic (exact) mass is 263 g/mol. The Bertz CT molecular complexity index is 485. The molecule has 0 N–H and O–H groups in total. The average molecular weight is 263 g/mol. The van der Waals surface area contributed by atoms with E-state index < -0.39 is 0 Å². The van der Waals surface area contributed by atoms with Crippen LogP contribution >= 0.6 is 0 Å². The predicted octanol–water partition coefficient (Wildman–Crippen LogP) is 3.55. The van der Waals surface area contributed by atoms with Crippen LogP contribution in [0.15, 0.2) is 6.07 Å². The van der Waals surface area contributed by atoms with Gasteiger partial charge in [0.2, 0.25) is 0 Å². The van der Waals surface area contributed by atoms with Gasteiger partial charge in [-0.1, -0.05) is 20.8 Å². The van der Waals surface area contributed by atoms with Gasteiger partial charge >= 0.3 is 0 Å². The average Bonchev–Trinajstić information content (AvgIpc) is 2.62. The first-order chi connectivity index (χ1) is 8.89. The molecule has 2 rings (SSSR count). The molecule has 1 unspecified atom stereocenters. The number of ether oxygens (including phenoxy) is 1. The molecule has 0 bridgehead atoms. The van der Waals surface area contributed by atoms with E-state index in [0.717, 1.165) is 18.4 Å². The van der Waals surface area contributed by atoms with Gasteiger partial charge in [-0.15, -0.1) is 0 Å². The van der Waals surface area contributed by atoms with Gasteiger partial charge in [-0.3, -0.25) is 4.79 Å². The van der Waals surface area contributed by atoms with Crippen LogP contribution in [-0.2, 0) is 11.2 Å². The number of nitrogens with zero attached hydrogens (tertiary/aromatic N) is 1. The molecule has 1 atom stereocenters. The Morgan fingerprint density at radius 2 is 2.11 bits per heavy atom. The minimum Gasteiger partial charge on any atom is -0.383 e. The van der Waals surface area contributed by atoms with Gasteiger partial charge in [-0.2, -0.15) is 0 Å². The highest BCUT2D eigenvalue weighted by molar-refractivity contribution is 5.99. The molecule has 1 aromatic rings. The van der Waals surface area contributed by atoms with Crippen LogP contribution in [-0.4, -0.2) is 24.1 Å². The Labute approximate surface area is 115 Å². The van der Waals surface area contributed by atoms with Crippen LogP contribution in [0.4, 0.5) is 0 Å². The second kappa shape index (κ2) is 5.12. The number of hydrogen-bond acceptors (Lipinski definition) is 2. The Balaban J connectivity index is 2.49. The normalized spacial score (nSPS) is 19.3. The molecule has 19 heavy (non-hydrogen) atoms.